The Labute approximate surface area is 144 Å². The largest absolute Gasteiger partial charge is 0.497 e. The number of hydrogen-bond donors (Lipinski definition) is 1. The molecule has 1 aliphatic rings. The van der Waals surface area contributed by atoms with Gasteiger partial charge in [0.2, 0.25) is 0 Å². The van der Waals surface area contributed by atoms with Crippen LogP contribution in [0, 0.1) is 5.92 Å². The molecule has 0 unspecified atom stereocenters. The average molecular weight is 336 g/mol. The van der Waals surface area contributed by atoms with Gasteiger partial charge in [-0.2, -0.15) is 0 Å². The van der Waals surface area contributed by atoms with E-state index in [-0.39, 0.29) is 12.0 Å². The fourth-order valence-electron chi connectivity index (χ4n) is 2.83. The van der Waals surface area contributed by atoms with Crippen LogP contribution in [0.15, 0.2) is 18.2 Å². The standard InChI is InChI=1S/C18H28N2O4/c1-13(2)11-20-5-6-24-17(12-20)10-19-18(21)14-7-15(22-3)9-16(8-14)23-4/h7-9,13,17H,5-6,10-12H2,1-4H3,(H,19,21)/t17-/m0/s1. The van der Waals surface area contributed by atoms with Crippen LogP contribution >= 0.6 is 0 Å². The van der Waals surface area contributed by atoms with Crippen molar-refractivity contribution < 1.29 is 19.0 Å². The maximum Gasteiger partial charge on any atom is 0.251 e. The highest BCUT2D eigenvalue weighted by Gasteiger charge is 2.21. The van der Waals surface area contributed by atoms with Gasteiger partial charge >= 0.3 is 0 Å². The third-order valence-electron chi connectivity index (χ3n) is 3.95. The Bertz CT molecular complexity index is 526. The third-order valence-corrected chi connectivity index (χ3v) is 3.95. The Morgan fingerprint density at radius 3 is 2.54 bits per heavy atom. The number of carbonyl (C=O) groups excluding carboxylic acids is 1. The molecule has 0 saturated carbocycles. The molecule has 0 aliphatic carbocycles. The number of nitrogens with zero attached hydrogens (tertiary/aromatic N) is 1. The van der Waals surface area contributed by atoms with Gasteiger partial charge < -0.3 is 19.5 Å². The molecule has 0 bridgehead atoms. The third kappa shape index (κ3) is 5.39. The Hall–Kier alpha value is -1.79. The second-order valence-corrected chi connectivity index (χ2v) is 6.46. The second kappa shape index (κ2) is 8.89. The zero-order chi connectivity index (χ0) is 17.5. The van der Waals surface area contributed by atoms with Gasteiger partial charge in [0.05, 0.1) is 26.9 Å². The van der Waals surface area contributed by atoms with Gasteiger partial charge in [0.25, 0.3) is 5.91 Å². The van der Waals surface area contributed by atoms with Crippen LogP contribution in [0.4, 0.5) is 0 Å². The highest BCUT2D eigenvalue weighted by atomic mass is 16.5. The highest BCUT2D eigenvalue weighted by Crippen LogP contribution is 2.22. The van der Waals surface area contributed by atoms with Gasteiger partial charge in [0.15, 0.2) is 0 Å². The van der Waals surface area contributed by atoms with Crippen molar-refractivity contribution in [2.24, 2.45) is 5.92 Å². The van der Waals surface area contributed by atoms with Crippen molar-refractivity contribution in [3.63, 3.8) is 0 Å². The lowest BCUT2D eigenvalue weighted by Gasteiger charge is -2.33. The van der Waals surface area contributed by atoms with E-state index in [2.05, 4.69) is 24.1 Å². The fraction of sp³-hybridized carbons (Fsp3) is 0.611. The molecule has 0 radical (unpaired) electrons. The summed E-state index contributed by atoms with van der Waals surface area (Å²) in [4.78, 5) is 14.8. The first-order chi connectivity index (χ1) is 11.5. The van der Waals surface area contributed by atoms with E-state index in [1.165, 1.54) is 0 Å². The summed E-state index contributed by atoms with van der Waals surface area (Å²) in [6.07, 6.45) is 0.0222. The number of hydrogen-bond acceptors (Lipinski definition) is 5. The zero-order valence-corrected chi connectivity index (χ0v) is 15.0. The van der Waals surface area contributed by atoms with Crippen molar-refractivity contribution in [1.29, 1.82) is 0 Å². The van der Waals surface area contributed by atoms with Gasteiger partial charge in [-0.25, -0.2) is 0 Å². The molecule has 6 heteroatoms. The Kier molecular flexibility index (Phi) is 6.87. The van der Waals surface area contributed by atoms with E-state index in [1.807, 2.05) is 0 Å². The second-order valence-electron chi connectivity index (χ2n) is 6.46. The number of ether oxygens (including phenoxy) is 3. The lowest BCUT2D eigenvalue weighted by atomic mass is 10.1. The molecule has 1 N–H and O–H groups in total. The summed E-state index contributed by atoms with van der Waals surface area (Å²) in [7, 11) is 3.13. The van der Waals surface area contributed by atoms with E-state index < -0.39 is 0 Å². The summed E-state index contributed by atoms with van der Waals surface area (Å²) in [5.41, 5.74) is 0.515. The number of rotatable bonds is 7. The van der Waals surface area contributed by atoms with Crippen molar-refractivity contribution in [2.75, 3.05) is 47.0 Å². The number of carbonyl (C=O) groups is 1. The van der Waals surface area contributed by atoms with E-state index in [1.54, 1.807) is 32.4 Å². The highest BCUT2D eigenvalue weighted by molar-refractivity contribution is 5.95. The van der Waals surface area contributed by atoms with Gasteiger partial charge in [-0.3, -0.25) is 9.69 Å². The van der Waals surface area contributed by atoms with Crippen LogP contribution in [0.1, 0.15) is 24.2 Å². The quantitative estimate of drug-likeness (QED) is 0.823. The molecule has 24 heavy (non-hydrogen) atoms. The van der Waals surface area contributed by atoms with Crippen molar-refractivity contribution in [3.8, 4) is 11.5 Å². The van der Waals surface area contributed by atoms with Crippen molar-refractivity contribution >= 4 is 5.91 Å². The lowest BCUT2D eigenvalue weighted by Crippen LogP contribution is -2.48. The summed E-state index contributed by atoms with van der Waals surface area (Å²) in [5.74, 6) is 1.66. The monoisotopic (exact) mass is 336 g/mol. The van der Waals surface area contributed by atoms with Crippen molar-refractivity contribution in [3.05, 3.63) is 23.8 Å². The predicted octanol–water partition coefficient (Wildman–Crippen LogP) is 1.79. The minimum atomic E-state index is -0.156. The molecule has 1 atom stereocenters. The topological polar surface area (TPSA) is 60.0 Å². The normalized spacial score (nSPS) is 18.5. The van der Waals surface area contributed by atoms with Gasteiger partial charge in [0, 0.05) is 37.8 Å². The SMILES string of the molecule is COc1cc(OC)cc(C(=O)NC[C@H]2CN(CC(C)C)CCO2)c1. The molecule has 1 aromatic carbocycles. The number of methoxy groups -OCH3 is 2. The van der Waals surface area contributed by atoms with Crippen LogP contribution in [0.5, 0.6) is 11.5 Å². The first-order valence-corrected chi connectivity index (χ1v) is 8.37. The Morgan fingerprint density at radius 2 is 1.96 bits per heavy atom. The fourth-order valence-corrected chi connectivity index (χ4v) is 2.83. The Morgan fingerprint density at radius 1 is 1.29 bits per heavy atom. The molecule has 0 aromatic heterocycles. The molecule has 1 amide bonds. The summed E-state index contributed by atoms with van der Waals surface area (Å²) in [5, 5.41) is 2.94. The first-order valence-electron chi connectivity index (χ1n) is 8.37. The zero-order valence-electron chi connectivity index (χ0n) is 15.0. The number of benzene rings is 1. The summed E-state index contributed by atoms with van der Waals surface area (Å²) >= 11 is 0. The van der Waals surface area contributed by atoms with Gasteiger partial charge in [0.1, 0.15) is 11.5 Å². The van der Waals surface area contributed by atoms with E-state index >= 15 is 0 Å². The van der Waals surface area contributed by atoms with Crippen molar-refractivity contribution in [2.45, 2.75) is 20.0 Å². The van der Waals surface area contributed by atoms with E-state index in [4.69, 9.17) is 14.2 Å². The van der Waals surface area contributed by atoms with E-state index in [0.29, 0.717) is 36.1 Å². The van der Waals surface area contributed by atoms with Crippen LogP contribution in [0.25, 0.3) is 0 Å². The molecule has 0 spiro atoms. The van der Waals surface area contributed by atoms with E-state index in [0.717, 1.165) is 19.6 Å². The van der Waals surface area contributed by atoms with Crippen LogP contribution in [-0.2, 0) is 4.74 Å². The molecular formula is C18H28N2O4. The molecule has 1 aliphatic heterocycles. The smallest absolute Gasteiger partial charge is 0.251 e. The molecule has 6 nitrogen and oxygen atoms in total. The van der Waals surface area contributed by atoms with E-state index in [9.17, 15) is 4.79 Å². The van der Waals surface area contributed by atoms with Crippen LogP contribution < -0.4 is 14.8 Å². The molecule has 1 aromatic rings. The Balaban J connectivity index is 1.90. The van der Waals surface area contributed by atoms with Crippen LogP contribution in [0.3, 0.4) is 0 Å². The molecule has 1 heterocycles. The first kappa shape index (κ1) is 18.5. The van der Waals surface area contributed by atoms with Crippen LogP contribution in [-0.4, -0.2) is 63.9 Å². The predicted molar refractivity (Wildman–Crippen MR) is 92.9 cm³/mol. The number of amides is 1. The maximum absolute atomic E-state index is 12.4. The molecule has 1 saturated heterocycles. The van der Waals surface area contributed by atoms with Gasteiger partial charge in [-0.1, -0.05) is 13.8 Å². The summed E-state index contributed by atoms with van der Waals surface area (Å²) < 4.78 is 16.2. The number of nitrogens with one attached hydrogen (secondary N) is 1. The van der Waals surface area contributed by atoms with Crippen LogP contribution in [0.2, 0.25) is 0 Å². The van der Waals surface area contributed by atoms with Gasteiger partial charge in [-0.05, 0) is 18.1 Å². The summed E-state index contributed by atoms with van der Waals surface area (Å²) in [6.45, 7) is 8.48. The summed E-state index contributed by atoms with van der Waals surface area (Å²) in [6, 6.07) is 5.14. The molecule has 1 fully saturated rings. The lowest BCUT2D eigenvalue weighted by molar-refractivity contribution is -0.0295. The average Bonchev–Trinajstić information content (AvgIpc) is 2.58. The van der Waals surface area contributed by atoms with Crippen molar-refractivity contribution in [1.82, 2.24) is 10.2 Å². The number of morpholine rings is 1. The molecule has 2 rings (SSSR count). The maximum atomic E-state index is 12.4. The molecule has 134 valence electrons. The molecular weight excluding hydrogens is 308 g/mol. The minimum absolute atomic E-state index is 0.0222. The van der Waals surface area contributed by atoms with Gasteiger partial charge in [-0.15, -0.1) is 0 Å². The minimum Gasteiger partial charge on any atom is -0.497 e.